The predicted octanol–water partition coefficient (Wildman–Crippen LogP) is 2.71. The number of rotatable bonds is 5. The van der Waals surface area contributed by atoms with Crippen molar-refractivity contribution in [3.63, 3.8) is 0 Å². The van der Waals surface area contributed by atoms with Crippen molar-refractivity contribution in [3.8, 4) is 5.75 Å². The first-order valence-corrected chi connectivity index (χ1v) is 9.52. The molecule has 0 amide bonds. The number of carbonyl (C=O) groups is 2. The van der Waals surface area contributed by atoms with Gasteiger partial charge in [-0.3, -0.25) is 0 Å². The van der Waals surface area contributed by atoms with E-state index in [0.717, 1.165) is 4.31 Å². The maximum absolute atomic E-state index is 12.3. The molecule has 2 aromatic carbocycles. The number of ether oxygens (including phenoxy) is 2. The lowest BCUT2D eigenvalue weighted by molar-refractivity contribution is 0.0600. The molecule has 0 aliphatic rings. The molecule has 0 radical (unpaired) electrons. The predicted molar refractivity (Wildman–Crippen MR) is 97.8 cm³/mol. The summed E-state index contributed by atoms with van der Waals surface area (Å²) >= 11 is 3.18. The van der Waals surface area contributed by atoms with Crippen LogP contribution in [0.5, 0.6) is 5.75 Å². The Kier molecular flexibility index (Phi) is 6.17. The van der Waals surface area contributed by atoms with E-state index in [1.165, 1.54) is 63.7 Å². The Morgan fingerprint density at radius 2 is 1.54 bits per heavy atom. The van der Waals surface area contributed by atoms with Gasteiger partial charge in [0.2, 0.25) is 10.0 Å². The largest absolute Gasteiger partial charge is 0.465 e. The van der Waals surface area contributed by atoms with Crippen molar-refractivity contribution >= 4 is 37.9 Å². The molecular formula is C17H16BrNO6S. The van der Waals surface area contributed by atoms with Crippen LogP contribution in [0.4, 0.5) is 0 Å². The summed E-state index contributed by atoms with van der Waals surface area (Å²) in [7, 11) is 0.337. The summed E-state index contributed by atoms with van der Waals surface area (Å²) in [5.41, 5.74) is 0.390. The molecule has 0 saturated carbocycles. The van der Waals surface area contributed by atoms with Gasteiger partial charge in [-0.2, -0.15) is 0 Å². The van der Waals surface area contributed by atoms with Crippen LogP contribution >= 0.6 is 15.9 Å². The highest BCUT2D eigenvalue weighted by Gasteiger charge is 2.22. The van der Waals surface area contributed by atoms with E-state index in [-0.39, 0.29) is 16.2 Å². The number of halogens is 1. The van der Waals surface area contributed by atoms with Crippen LogP contribution in [0, 0.1) is 0 Å². The van der Waals surface area contributed by atoms with Crippen LogP contribution in [0.25, 0.3) is 0 Å². The van der Waals surface area contributed by atoms with Crippen LogP contribution in [-0.4, -0.2) is 45.9 Å². The normalized spacial score (nSPS) is 11.3. The molecule has 0 aliphatic heterocycles. The molecule has 0 aromatic heterocycles. The Bertz CT molecular complexity index is 938. The molecule has 0 bridgehead atoms. The Morgan fingerprint density at radius 1 is 0.962 bits per heavy atom. The molecule has 0 aliphatic carbocycles. The average Bonchev–Trinajstić information content (AvgIpc) is 2.61. The summed E-state index contributed by atoms with van der Waals surface area (Å²) in [6.07, 6.45) is 0. The van der Waals surface area contributed by atoms with Gasteiger partial charge in [0.25, 0.3) is 0 Å². The number of methoxy groups -OCH3 is 1. The van der Waals surface area contributed by atoms with E-state index >= 15 is 0 Å². The second-order valence-electron chi connectivity index (χ2n) is 5.34. The van der Waals surface area contributed by atoms with Gasteiger partial charge in [0.1, 0.15) is 5.75 Å². The number of hydrogen-bond acceptors (Lipinski definition) is 6. The fourth-order valence-electron chi connectivity index (χ4n) is 1.97. The minimum Gasteiger partial charge on any atom is -0.465 e. The Labute approximate surface area is 159 Å². The van der Waals surface area contributed by atoms with Gasteiger partial charge in [-0.1, -0.05) is 0 Å². The van der Waals surface area contributed by atoms with Crippen molar-refractivity contribution in [2.45, 2.75) is 4.90 Å². The third kappa shape index (κ3) is 4.29. The molecule has 0 fully saturated rings. The molecular weight excluding hydrogens is 426 g/mol. The first kappa shape index (κ1) is 20.1. The third-order valence-corrected chi connectivity index (χ3v) is 6.22. The highest BCUT2D eigenvalue weighted by Crippen LogP contribution is 2.26. The number of sulfonamides is 1. The van der Waals surface area contributed by atoms with Crippen LogP contribution in [0.3, 0.4) is 0 Å². The standard InChI is InChI=1S/C17H16BrNO6S/c1-19(2)26(22,23)15-10-12(6-9-14(15)18)17(21)25-13-7-4-11(5-8-13)16(20)24-3/h4-10H,1-3H3. The van der Waals surface area contributed by atoms with Crippen molar-refractivity contribution in [1.82, 2.24) is 4.31 Å². The maximum atomic E-state index is 12.3. The number of carbonyl (C=O) groups excluding carboxylic acids is 2. The van der Waals surface area contributed by atoms with Crippen LogP contribution in [0.1, 0.15) is 20.7 Å². The first-order chi connectivity index (χ1) is 12.2. The van der Waals surface area contributed by atoms with E-state index in [1.807, 2.05) is 0 Å². The molecule has 0 heterocycles. The Hall–Kier alpha value is -2.23. The zero-order chi connectivity index (χ0) is 19.5. The van der Waals surface area contributed by atoms with Crippen LogP contribution in [-0.2, 0) is 14.8 Å². The molecule has 2 aromatic rings. The van der Waals surface area contributed by atoms with E-state index in [1.54, 1.807) is 0 Å². The number of benzene rings is 2. The fourth-order valence-corrected chi connectivity index (χ4v) is 3.81. The van der Waals surface area contributed by atoms with Gasteiger partial charge in [-0.15, -0.1) is 0 Å². The van der Waals surface area contributed by atoms with E-state index in [0.29, 0.717) is 10.0 Å². The summed E-state index contributed by atoms with van der Waals surface area (Å²) in [6.45, 7) is 0. The highest BCUT2D eigenvalue weighted by atomic mass is 79.9. The topological polar surface area (TPSA) is 90.0 Å². The maximum Gasteiger partial charge on any atom is 0.343 e. The highest BCUT2D eigenvalue weighted by molar-refractivity contribution is 9.10. The Balaban J connectivity index is 2.27. The van der Waals surface area contributed by atoms with Gasteiger partial charge in [-0.05, 0) is 58.4 Å². The lowest BCUT2D eigenvalue weighted by Crippen LogP contribution is -2.23. The lowest BCUT2D eigenvalue weighted by Gasteiger charge is -2.14. The number of esters is 2. The zero-order valence-electron chi connectivity index (χ0n) is 14.2. The number of hydrogen-bond donors (Lipinski definition) is 0. The SMILES string of the molecule is COC(=O)c1ccc(OC(=O)c2ccc(Br)c(S(=O)(=O)N(C)C)c2)cc1. The molecule has 7 nitrogen and oxygen atoms in total. The monoisotopic (exact) mass is 441 g/mol. The van der Waals surface area contributed by atoms with Gasteiger partial charge < -0.3 is 9.47 Å². The molecule has 0 saturated heterocycles. The summed E-state index contributed by atoms with van der Waals surface area (Å²) in [4.78, 5) is 23.7. The summed E-state index contributed by atoms with van der Waals surface area (Å²) in [6, 6.07) is 9.96. The fraction of sp³-hybridized carbons (Fsp3) is 0.176. The van der Waals surface area contributed by atoms with Gasteiger partial charge in [0.15, 0.2) is 0 Å². The molecule has 0 spiro atoms. The van der Waals surface area contributed by atoms with Crippen LogP contribution in [0.15, 0.2) is 51.8 Å². The second kappa shape index (κ2) is 7.98. The molecule has 2 rings (SSSR count). The minimum atomic E-state index is -3.73. The quantitative estimate of drug-likeness (QED) is 0.523. The summed E-state index contributed by atoms with van der Waals surface area (Å²) < 4.78 is 35.8. The number of nitrogens with zero attached hydrogens (tertiary/aromatic N) is 1. The molecule has 0 unspecified atom stereocenters. The van der Waals surface area contributed by atoms with E-state index in [2.05, 4.69) is 20.7 Å². The Morgan fingerprint density at radius 3 is 2.08 bits per heavy atom. The van der Waals surface area contributed by atoms with Crippen molar-refractivity contribution in [2.24, 2.45) is 0 Å². The summed E-state index contributed by atoms with van der Waals surface area (Å²) in [5, 5.41) is 0. The van der Waals surface area contributed by atoms with E-state index in [4.69, 9.17) is 4.74 Å². The minimum absolute atomic E-state index is 0.0435. The second-order valence-corrected chi connectivity index (χ2v) is 8.31. The molecule has 0 N–H and O–H groups in total. The summed E-state index contributed by atoms with van der Waals surface area (Å²) in [5.74, 6) is -1.02. The molecule has 9 heteroatoms. The zero-order valence-corrected chi connectivity index (χ0v) is 16.6. The molecule has 0 atom stereocenters. The van der Waals surface area contributed by atoms with Crippen LogP contribution in [0.2, 0.25) is 0 Å². The van der Waals surface area contributed by atoms with Crippen LogP contribution < -0.4 is 4.74 Å². The molecule has 138 valence electrons. The van der Waals surface area contributed by atoms with Crippen molar-refractivity contribution in [1.29, 1.82) is 0 Å². The van der Waals surface area contributed by atoms with Gasteiger partial charge >= 0.3 is 11.9 Å². The van der Waals surface area contributed by atoms with Crippen molar-refractivity contribution in [2.75, 3.05) is 21.2 Å². The van der Waals surface area contributed by atoms with E-state index < -0.39 is 22.0 Å². The van der Waals surface area contributed by atoms with Crippen molar-refractivity contribution in [3.05, 3.63) is 58.1 Å². The average molecular weight is 442 g/mol. The first-order valence-electron chi connectivity index (χ1n) is 7.29. The van der Waals surface area contributed by atoms with Gasteiger partial charge in [-0.25, -0.2) is 22.3 Å². The van der Waals surface area contributed by atoms with E-state index in [9.17, 15) is 18.0 Å². The van der Waals surface area contributed by atoms with Crippen molar-refractivity contribution < 1.29 is 27.5 Å². The van der Waals surface area contributed by atoms with Gasteiger partial charge in [0, 0.05) is 18.6 Å². The smallest absolute Gasteiger partial charge is 0.343 e. The molecule has 26 heavy (non-hydrogen) atoms. The van der Waals surface area contributed by atoms with Gasteiger partial charge in [0.05, 0.1) is 23.1 Å². The third-order valence-electron chi connectivity index (χ3n) is 3.41. The lowest BCUT2D eigenvalue weighted by atomic mass is 10.2.